The van der Waals surface area contributed by atoms with E-state index in [0.717, 1.165) is 12.0 Å². The summed E-state index contributed by atoms with van der Waals surface area (Å²) in [6.45, 7) is 6.90. The van der Waals surface area contributed by atoms with Gasteiger partial charge in [0.2, 0.25) is 0 Å². The fraction of sp³-hybridized carbons (Fsp3) is 0.462. The Hall–Kier alpha value is -1.60. The highest BCUT2D eigenvalue weighted by molar-refractivity contribution is 7.90. The van der Waals surface area contributed by atoms with Crippen molar-refractivity contribution in [1.82, 2.24) is 15.2 Å². The number of rotatable bonds is 6. The van der Waals surface area contributed by atoms with Crippen molar-refractivity contribution in [3.05, 3.63) is 29.8 Å². The molecule has 1 aromatic rings. The van der Waals surface area contributed by atoms with Gasteiger partial charge in [-0.25, -0.2) is 22.9 Å². The number of carbonyl (C=O) groups excluding carboxylic acids is 1. The summed E-state index contributed by atoms with van der Waals surface area (Å²) in [5, 5.41) is 1.60. The highest BCUT2D eigenvalue weighted by atomic mass is 32.2. The van der Waals surface area contributed by atoms with E-state index in [2.05, 4.69) is 5.43 Å². The first-order chi connectivity index (χ1) is 9.42. The van der Waals surface area contributed by atoms with E-state index in [1.54, 1.807) is 17.1 Å². The highest BCUT2D eigenvalue weighted by Crippen LogP contribution is 2.10. The van der Waals surface area contributed by atoms with Crippen molar-refractivity contribution in [1.29, 1.82) is 0 Å². The summed E-state index contributed by atoms with van der Waals surface area (Å²) >= 11 is 0. The van der Waals surface area contributed by atoms with Crippen LogP contribution in [0.1, 0.15) is 26.3 Å². The number of carbonyl (C=O) groups is 1. The Morgan fingerprint density at radius 3 is 2.10 bits per heavy atom. The number of hydrazine groups is 1. The van der Waals surface area contributed by atoms with Crippen molar-refractivity contribution >= 4 is 16.1 Å². The summed E-state index contributed by atoms with van der Waals surface area (Å²) in [5.41, 5.74) is 3.51. The summed E-state index contributed by atoms with van der Waals surface area (Å²) in [6, 6.07) is 5.69. The van der Waals surface area contributed by atoms with Crippen molar-refractivity contribution in [2.75, 3.05) is 13.1 Å². The van der Waals surface area contributed by atoms with Crippen LogP contribution in [0.4, 0.5) is 4.79 Å². The van der Waals surface area contributed by atoms with Crippen molar-refractivity contribution in [3.8, 4) is 0 Å². The van der Waals surface area contributed by atoms with Gasteiger partial charge >= 0.3 is 6.03 Å². The summed E-state index contributed by atoms with van der Waals surface area (Å²) in [6.07, 6.45) is 0.830. The second kappa shape index (κ2) is 7.25. The molecule has 2 N–H and O–H groups in total. The van der Waals surface area contributed by atoms with Gasteiger partial charge in [-0.2, -0.15) is 0 Å². The van der Waals surface area contributed by atoms with Crippen LogP contribution in [0, 0.1) is 0 Å². The Bertz CT molecular complexity index is 536. The number of amides is 2. The largest absolute Gasteiger partial charge is 0.343 e. The molecular weight excluding hydrogens is 278 g/mol. The van der Waals surface area contributed by atoms with Gasteiger partial charge in [-0.3, -0.25) is 5.43 Å². The lowest BCUT2D eigenvalue weighted by Crippen LogP contribution is -2.48. The van der Waals surface area contributed by atoms with E-state index in [4.69, 9.17) is 0 Å². The summed E-state index contributed by atoms with van der Waals surface area (Å²) in [4.78, 5) is 11.7. The van der Waals surface area contributed by atoms with Crippen molar-refractivity contribution < 1.29 is 13.2 Å². The lowest BCUT2D eigenvalue weighted by Gasteiger charge is -2.19. The predicted octanol–water partition coefficient (Wildman–Crippen LogP) is 1.49. The smallest absolute Gasteiger partial charge is 0.270 e. The van der Waals surface area contributed by atoms with E-state index < -0.39 is 16.1 Å². The number of benzene rings is 1. The molecule has 0 bridgehead atoms. The molecule has 0 saturated carbocycles. The summed E-state index contributed by atoms with van der Waals surface area (Å²) < 4.78 is 26.0. The van der Waals surface area contributed by atoms with Crippen LogP contribution in [-0.4, -0.2) is 32.5 Å². The van der Waals surface area contributed by atoms with E-state index in [0.29, 0.717) is 13.1 Å². The van der Waals surface area contributed by atoms with E-state index in [1.165, 1.54) is 12.1 Å². The monoisotopic (exact) mass is 299 g/mol. The molecule has 0 aromatic heterocycles. The zero-order chi connectivity index (χ0) is 15.2. The van der Waals surface area contributed by atoms with Crippen molar-refractivity contribution in [2.45, 2.75) is 32.1 Å². The van der Waals surface area contributed by atoms with Gasteiger partial charge < -0.3 is 0 Å². The van der Waals surface area contributed by atoms with Gasteiger partial charge in [0.1, 0.15) is 0 Å². The van der Waals surface area contributed by atoms with Crippen LogP contribution in [0.15, 0.2) is 29.2 Å². The molecule has 0 atom stereocenters. The van der Waals surface area contributed by atoms with Gasteiger partial charge in [0.05, 0.1) is 4.90 Å². The number of hydrogen-bond acceptors (Lipinski definition) is 4. The SMILES string of the molecule is CCc1ccc(S(=O)(=O)NC(=O)NN(CC)CC)cc1. The van der Waals surface area contributed by atoms with Crippen LogP contribution in [0.25, 0.3) is 0 Å². The Morgan fingerprint density at radius 2 is 1.65 bits per heavy atom. The third kappa shape index (κ3) is 4.50. The van der Waals surface area contributed by atoms with E-state index >= 15 is 0 Å². The standard InChI is InChI=1S/C13H21N3O3S/c1-4-11-7-9-12(10-8-11)20(18,19)15-13(17)14-16(5-2)6-3/h7-10H,4-6H2,1-3H3,(H2,14,15,17). The molecule has 0 saturated heterocycles. The molecule has 0 aliphatic heterocycles. The number of nitrogens with zero attached hydrogens (tertiary/aromatic N) is 1. The predicted molar refractivity (Wildman–Crippen MR) is 77.6 cm³/mol. The van der Waals surface area contributed by atoms with E-state index in [-0.39, 0.29) is 4.90 Å². The molecular formula is C13H21N3O3S. The minimum Gasteiger partial charge on any atom is -0.270 e. The number of nitrogens with one attached hydrogen (secondary N) is 2. The molecule has 0 heterocycles. The second-order valence-electron chi connectivity index (χ2n) is 4.22. The zero-order valence-corrected chi connectivity index (χ0v) is 12.8. The Kier molecular flexibility index (Phi) is 5.97. The molecule has 1 rings (SSSR count). The van der Waals surface area contributed by atoms with Gasteiger partial charge in [-0.15, -0.1) is 0 Å². The average Bonchev–Trinajstić information content (AvgIpc) is 2.44. The normalized spacial score (nSPS) is 11.4. The van der Waals surface area contributed by atoms with Crippen LogP contribution < -0.4 is 10.1 Å². The fourth-order valence-corrected chi connectivity index (χ4v) is 2.54. The molecule has 112 valence electrons. The molecule has 20 heavy (non-hydrogen) atoms. The molecule has 0 spiro atoms. The topological polar surface area (TPSA) is 78.5 Å². The van der Waals surface area contributed by atoms with Gasteiger partial charge in [-0.1, -0.05) is 32.9 Å². The Morgan fingerprint density at radius 1 is 1.10 bits per heavy atom. The lowest BCUT2D eigenvalue weighted by atomic mass is 10.2. The van der Waals surface area contributed by atoms with E-state index in [1.807, 2.05) is 25.5 Å². The molecule has 0 aliphatic rings. The van der Waals surface area contributed by atoms with Gasteiger partial charge in [-0.05, 0) is 24.1 Å². The molecule has 2 amide bonds. The zero-order valence-electron chi connectivity index (χ0n) is 12.0. The number of hydrogen-bond donors (Lipinski definition) is 2. The van der Waals surface area contributed by atoms with E-state index in [9.17, 15) is 13.2 Å². The summed E-state index contributed by atoms with van der Waals surface area (Å²) in [7, 11) is -3.84. The molecule has 0 fully saturated rings. The quantitative estimate of drug-likeness (QED) is 0.780. The maximum Gasteiger partial charge on any atom is 0.343 e. The third-order valence-electron chi connectivity index (χ3n) is 2.89. The number of aryl methyl sites for hydroxylation is 1. The van der Waals surface area contributed by atoms with Gasteiger partial charge in [0.15, 0.2) is 0 Å². The fourth-order valence-electron chi connectivity index (χ4n) is 1.63. The maximum absolute atomic E-state index is 12.0. The third-order valence-corrected chi connectivity index (χ3v) is 4.24. The first-order valence-electron chi connectivity index (χ1n) is 6.60. The average molecular weight is 299 g/mol. The maximum atomic E-state index is 12.0. The second-order valence-corrected chi connectivity index (χ2v) is 5.90. The van der Waals surface area contributed by atoms with Crippen LogP contribution >= 0.6 is 0 Å². The van der Waals surface area contributed by atoms with Gasteiger partial charge in [0.25, 0.3) is 10.0 Å². The lowest BCUT2D eigenvalue weighted by molar-refractivity contribution is 0.191. The number of sulfonamides is 1. The van der Waals surface area contributed by atoms with Crippen LogP contribution in [-0.2, 0) is 16.4 Å². The molecule has 6 nitrogen and oxygen atoms in total. The number of urea groups is 1. The first kappa shape index (κ1) is 16.5. The summed E-state index contributed by atoms with van der Waals surface area (Å²) in [5.74, 6) is 0. The van der Waals surface area contributed by atoms with Gasteiger partial charge in [0, 0.05) is 13.1 Å². The first-order valence-corrected chi connectivity index (χ1v) is 8.08. The molecule has 0 radical (unpaired) electrons. The molecule has 7 heteroatoms. The van der Waals surface area contributed by atoms with Crippen LogP contribution in [0.2, 0.25) is 0 Å². The molecule has 1 aromatic carbocycles. The Labute approximate surface area is 120 Å². The Balaban J connectivity index is 2.76. The minimum atomic E-state index is -3.84. The van der Waals surface area contributed by atoms with Crippen molar-refractivity contribution in [2.24, 2.45) is 0 Å². The minimum absolute atomic E-state index is 0.0735. The highest BCUT2D eigenvalue weighted by Gasteiger charge is 2.18. The van der Waals surface area contributed by atoms with Crippen LogP contribution in [0.3, 0.4) is 0 Å². The van der Waals surface area contributed by atoms with Crippen LogP contribution in [0.5, 0.6) is 0 Å². The van der Waals surface area contributed by atoms with Crippen molar-refractivity contribution in [3.63, 3.8) is 0 Å². The molecule has 0 unspecified atom stereocenters. The molecule has 0 aliphatic carbocycles.